The lowest BCUT2D eigenvalue weighted by atomic mass is 10.1. The van der Waals surface area contributed by atoms with Gasteiger partial charge in [0.2, 0.25) is 5.91 Å². The Morgan fingerprint density at radius 1 is 1.17 bits per heavy atom. The quantitative estimate of drug-likeness (QED) is 0.557. The minimum Gasteiger partial charge on any atom is -0.381 e. The second-order valence-corrected chi connectivity index (χ2v) is 5.10. The van der Waals surface area contributed by atoms with Crippen LogP contribution in [0.5, 0.6) is 0 Å². The first-order chi connectivity index (χ1) is 8.57. The summed E-state index contributed by atoms with van der Waals surface area (Å²) in [4.78, 5) is 11.5. The molecule has 0 rings (SSSR count). The van der Waals surface area contributed by atoms with Gasteiger partial charge < -0.3 is 15.4 Å². The van der Waals surface area contributed by atoms with Crippen LogP contribution in [0.1, 0.15) is 47.0 Å². The summed E-state index contributed by atoms with van der Waals surface area (Å²) in [7, 11) is 0. The zero-order valence-corrected chi connectivity index (χ0v) is 12.4. The lowest BCUT2D eigenvalue weighted by Gasteiger charge is -2.17. The highest BCUT2D eigenvalue weighted by Crippen LogP contribution is 1.98. The van der Waals surface area contributed by atoms with Crippen LogP contribution in [0, 0.1) is 5.92 Å². The third-order valence-electron chi connectivity index (χ3n) is 2.96. The van der Waals surface area contributed by atoms with Crippen LogP contribution in [-0.2, 0) is 9.53 Å². The van der Waals surface area contributed by atoms with Crippen molar-refractivity contribution in [1.29, 1.82) is 0 Å². The van der Waals surface area contributed by atoms with Crippen molar-refractivity contribution in [2.45, 2.75) is 53.0 Å². The smallest absolute Gasteiger partial charge is 0.234 e. The SMILES string of the molecule is CCCCOCCCNCC(=O)NC(C)C(C)C. The van der Waals surface area contributed by atoms with Gasteiger partial charge in [-0.05, 0) is 32.2 Å². The van der Waals surface area contributed by atoms with Gasteiger partial charge in [-0.1, -0.05) is 27.2 Å². The van der Waals surface area contributed by atoms with E-state index in [2.05, 4.69) is 31.4 Å². The summed E-state index contributed by atoms with van der Waals surface area (Å²) in [5, 5.41) is 6.09. The fourth-order valence-corrected chi connectivity index (χ4v) is 1.32. The number of unbranched alkanes of at least 4 members (excludes halogenated alkanes) is 1. The Bertz CT molecular complexity index is 208. The van der Waals surface area contributed by atoms with E-state index in [9.17, 15) is 4.79 Å². The summed E-state index contributed by atoms with van der Waals surface area (Å²) in [5.74, 6) is 0.545. The van der Waals surface area contributed by atoms with Crippen molar-refractivity contribution in [3.05, 3.63) is 0 Å². The summed E-state index contributed by atoms with van der Waals surface area (Å²) in [6, 6.07) is 0.233. The summed E-state index contributed by atoms with van der Waals surface area (Å²) in [5.41, 5.74) is 0. The van der Waals surface area contributed by atoms with Crippen molar-refractivity contribution in [3.63, 3.8) is 0 Å². The third-order valence-corrected chi connectivity index (χ3v) is 2.96. The molecule has 18 heavy (non-hydrogen) atoms. The number of nitrogens with one attached hydrogen (secondary N) is 2. The third kappa shape index (κ3) is 10.5. The van der Waals surface area contributed by atoms with Gasteiger partial charge in [0.1, 0.15) is 0 Å². The molecule has 0 saturated heterocycles. The summed E-state index contributed by atoms with van der Waals surface area (Å²) in [6.45, 7) is 11.2. The van der Waals surface area contributed by atoms with Crippen LogP contribution in [0.2, 0.25) is 0 Å². The molecule has 0 radical (unpaired) electrons. The minimum absolute atomic E-state index is 0.0723. The van der Waals surface area contributed by atoms with E-state index in [1.54, 1.807) is 0 Å². The monoisotopic (exact) mass is 258 g/mol. The molecule has 1 amide bonds. The Kier molecular flexibility index (Phi) is 11.1. The van der Waals surface area contributed by atoms with Gasteiger partial charge in [-0.15, -0.1) is 0 Å². The van der Waals surface area contributed by atoms with Gasteiger partial charge in [0.05, 0.1) is 6.54 Å². The summed E-state index contributed by atoms with van der Waals surface area (Å²) in [6.07, 6.45) is 3.26. The Hall–Kier alpha value is -0.610. The van der Waals surface area contributed by atoms with Gasteiger partial charge >= 0.3 is 0 Å². The van der Waals surface area contributed by atoms with Gasteiger partial charge in [-0.2, -0.15) is 0 Å². The molecule has 0 saturated carbocycles. The Morgan fingerprint density at radius 2 is 1.83 bits per heavy atom. The number of carbonyl (C=O) groups excluding carboxylic acids is 1. The average Bonchev–Trinajstić information content (AvgIpc) is 2.32. The van der Waals surface area contributed by atoms with E-state index >= 15 is 0 Å². The normalized spacial score (nSPS) is 12.7. The molecule has 0 fully saturated rings. The zero-order chi connectivity index (χ0) is 13.8. The molecule has 2 N–H and O–H groups in total. The van der Waals surface area contributed by atoms with Crippen LogP contribution in [0.4, 0.5) is 0 Å². The molecule has 4 nitrogen and oxygen atoms in total. The molecular weight excluding hydrogens is 228 g/mol. The van der Waals surface area contributed by atoms with Crippen molar-refractivity contribution in [2.75, 3.05) is 26.3 Å². The Labute approximate surface area is 112 Å². The van der Waals surface area contributed by atoms with Crippen LogP contribution < -0.4 is 10.6 Å². The number of amides is 1. The maximum Gasteiger partial charge on any atom is 0.234 e. The molecule has 108 valence electrons. The average molecular weight is 258 g/mol. The van der Waals surface area contributed by atoms with Gasteiger partial charge in [0.25, 0.3) is 0 Å². The molecule has 1 atom stereocenters. The first kappa shape index (κ1) is 17.4. The zero-order valence-electron chi connectivity index (χ0n) is 12.4. The lowest BCUT2D eigenvalue weighted by molar-refractivity contribution is -0.121. The lowest BCUT2D eigenvalue weighted by Crippen LogP contribution is -2.41. The molecule has 1 unspecified atom stereocenters. The molecule has 0 heterocycles. The number of carbonyl (C=O) groups is 1. The predicted molar refractivity (Wildman–Crippen MR) is 75.7 cm³/mol. The Balaban J connectivity index is 3.30. The molecule has 0 bridgehead atoms. The van der Waals surface area contributed by atoms with Crippen molar-refractivity contribution < 1.29 is 9.53 Å². The number of hydrogen-bond donors (Lipinski definition) is 2. The first-order valence-corrected chi connectivity index (χ1v) is 7.15. The van der Waals surface area contributed by atoms with Gasteiger partial charge in [0.15, 0.2) is 0 Å². The van der Waals surface area contributed by atoms with Crippen LogP contribution >= 0.6 is 0 Å². The van der Waals surface area contributed by atoms with Crippen molar-refractivity contribution in [3.8, 4) is 0 Å². The first-order valence-electron chi connectivity index (χ1n) is 7.15. The Morgan fingerprint density at radius 3 is 2.44 bits per heavy atom. The van der Waals surface area contributed by atoms with Gasteiger partial charge in [-0.25, -0.2) is 0 Å². The molecule has 4 heteroatoms. The largest absolute Gasteiger partial charge is 0.381 e. The van der Waals surface area contributed by atoms with Crippen LogP contribution in [0.3, 0.4) is 0 Å². The molecule has 0 aromatic carbocycles. The van der Waals surface area contributed by atoms with E-state index in [0.717, 1.165) is 32.6 Å². The van der Waals surface area contributed by atoms with Gasteiger partial charge in [0, 0.05) is 19.3 Å². The molecule has 0 aromatic heterocycles. The molecule has 0 spiro atoms. The molecule has 0 aliphatic heterocycles. The van der Waals surface area contributed by atoms with Crippen LogP contribution in [0.15, 0.2) is 0 Å². The van der Waals surface area contributed by atoms with E-state index in [-0.39, 0.29) is 11.9 Å². The van der Waals surface area contributed by atoms with Crippen molar-refractivity contribution >= 4 is 5.91 Å². The highest BCUT2D eigenvalue weighted by atomic mass is 16.5. The van der Waals surface area contributed by atoms with E-state index < -0.39 is 0 Å². The fourth-order valence-electron chi connectivity index (χ4n) is 1.32. The molecule has 0 aliphatic rings. The number of rotatable bonds is 11. The molecule has 0 aromatic rings. The standard InChI is InChI=1S/C14H30N2O2/c1-5-6-9-18-10-7-8-15-11-14(17)16-13(4)12(2)3/h12-13,15H,5-11H2,1-4H3,(H,16,17). The van der Waals surface area contributed by atoms with E-state index in [1.807, 2.05) is 6.92 Å². The van der Waals surface area contributed by atoms with Crippen LogP contribution in [0.25, 0.3) is 0 Å². The maximum atomic E-state index is 11.5. The van der Waals surface area contributed by atoms with Crippen LogP contribution in [-0.4, -0.2) is 38.3 Å². The second kappa shape index (κ2) is 11.5. The van der Waals surface area contributed by atoms with E-state index in [0.29, 0.717) is 12.5 Å². The van der Waals surface area contributed by atoms with Crippen molar-refractivity contribution in [1.82, 2.24) is 10.6 Å². The summed E-state index contributed by atoms with van der Waals surface area (Å²) >= 11 is 0. The fraction of sp³-hybridized carbons (Fsp3) is 0.929. The molecular formula is C14H30N2O2. The number of hydrogen-bond acceptors (Lipinski definition) is 3. The molecule has 0 aliphatic carbocycles. The second-order valence-electron chi connectivity index (χ2n) is 5.10. The van der Waals surface area contributed by atoms with Crippen molar-refractivity contribution in [2.24, 2.45) is 5.92 Å². The van der Waals surface area contributed by atoms with E-state index in [1.165, 1.54) is 6.42 Å². The minimum atomic E-state index is 0.0723. The predicted octanol–water partition coefficient (Wildman–Crippen LogP) is 1.94. The summed E-state index contributed by atoms with van der Waals surface area (Å²) < 4.78 is 5.44. The maximum absolute atomic E-state index is 11.5. The van der Waals surface area contributed by atoms with Gasteiger partial charge in [-0.3, -0.25) is 4.79 Å². The highest BCUT2D eigenvalue weighted by molar-refractivity contribution is 5.78. The number of ether oxygens (including phenoxy) is 1. The van der Waals surface area contributed by atoms with E-state index in [4.69, 9.17) is 4.74 Å². The topological polar surface area (TPSA) is 50.4 Å². The highest BCUT2D eigenvalue weighted by Gasteiger charge is 2.09.